The monoisotopic (exact) mass is 238 g/mol. The lowest BCUT2D eigenvalue weighted by atomic mass is 10.2. The molecule has 0 N–H and O–H groups in total. The fourth-order valence-corrected chi connectivity index (χ4v) is 2.45. The first-order valence-electron chi connectivity index (χ1n) is 5.75. The molecule has 1 saturated heterocycles. The molecule has 1 aromatic rings. The van der Waals surface area contributed by atoms with Gasteiger partial charge >= 0.3 is 0 Å². The quantitative estimate of drug-likeness (QED) is 0.748. The molecule has 16 heavy (non-hydrogen) atoms. The van der Waals surface area contributed by atoms with Crippen molar-refractivity contribution in [3.05, 3.63) is 29.8 Å². The number of rotatable bonds is 4. The van der Waals surface area contributed by atoms with Crippen molar-refractivity contribution >= 4 is 11.8 Å². The van der Waals surface area contributed by atoms with Crippen LogP contribution in [-0.4, -0.2) is 19.2 Å². The zero-order valence-corrected chi connectivity index (χ0v) is 10.5. The highest BCUT2D eigenvalue weighted by Crippen LogP contribution is 2.22. The van der Waals surface area contributed by atoms with Gasteiger partial charge in [-0.3, -0.25) is 0 Å². The van der Waals surface area contributed by atoms with Crippen LogP contribution in [0.25, 0.3) is 0 Å². The van der Waals surface area contributed by atoms with Crippen LogP contribution in [0.3, 0.4) is 0 Å². The van der Waals surface area contributed by atoms with E-state index in [2.05, 4.69) is 30.5 Å². The molecular weight excluding hydrogens is 220 g/mol. The Morgan fingerprint density at radius 3 is 3.00 bits per heavy atom. The first-order valence-corrected chi connectivity index (χ1v) is 6.98. The summed E-state index contributed by atoms with van der Waals surface area (Å²) in [7, 11) is 0. The summed E-state index contributed by atoms with van der Waals surface area (Å²) in [6.07, 6.45) is 5.51. The fourth-order valence-electron chi connectivity index (χ4n) is 1.85. The van der Waals surface area contributed by atoms with Crippen LogP contribution in [0.5, 0.6) is 0 Å². The maximum Gasteiger partial charge on any atom is 0.158 e. The lowest BCUT2D eigenvalue weighted by Crippen LogP contribution is -2.22. The first kappa shape index (κ1) is 12.0. The SMILES string of the molecule is CSc1ccccc1COC1CCCCO1. The Morgan fingerprint density at radius 1 is 1.38 bits per heavy atom. The summed E-state index contributed by atoms with van der Waals surface area (Å²) in [6, 6.07) is 8.37. The number of hydrogen-bond acceptors (Lipinski definition) is 3. The average Bonchev–Trinajstić information content (AvgIpc) is 2.38. The van der Waals surface area contributed by atoms with Crippen LogP contribution in [0.4, 0.5) is 0 Å². The molecule has 0 aromatic heterocycles. The van der Waals surface area contributed by atoms with Crippen LogP contribution in [0.15, 0.2) is 29.2 Å². The van der Waals surface area contributed by atoms with Gasteiger partial charge in [0.25, 0.3) is 0 Å². The summed E-state index contributed by atoms with van der Waals surface area (Å²) in [5, 5.41) is 0. The normalized spacial score (nSPS) is 20.9. The van der Waals surface area contributed by atoms with E-state index in [4.69, 9.17) is 9.47 Å². The molecule has 88 valence electrons. The molecule has 1 heterocycles. The van der Waals surface area contributed by atoms with E-state index < -0.39 is 0 Å². The van der Waals surface area contributed by atoms with Gasteiger partial charge < -0.3 is 9.47 Å². The van der Waals surface area contributed by atoms with Crippen molar-refractivity contribution in [2.75, 3.05) is 12.9 Å². The second kappa shape index (κ2) is 6.28. The number of ether oxygens (including phenoxy) is 2. The first-order chi connectivity index (χ1) is 7.90. The molecule has 0 saturated carbocycles. The minimum Gasteiger partial charge on any atom is -0.353 e. The second-order valence-corrected chi connectivity index (χ2v) is 4.77. The van der Waals surface area contributed by atoms with E-state index in [0.29, 0.717) is 6.61 Å². The Balaban J connectivity index is 1.88. The van der Waals surface area contributed by atoms with E-state index in [1.807, 2.05) is 0 Å². The lowest BCUT2D eigenvalue weighted by molar-refractivity contribution is -0.169. The van der Waals surface area contributed by atoms with Crippen molar-refractivity contribution in [3.63, 3.8) is 0 Å². The molecule has 1 atom stereocenters. The van der Waals surface area contributed by atoms with E-state index in [1.54, 1.807) is 11.8 Å². The zero-order chi connectivity index (χ0) is 11.2. The van der Waals surface area contributed by atoms with Gasteiger partial charge in [-0.05, 0) is 37.1 Å². The van der Waals surface area contributed by atoms with Gasteiger partial charge in [-0.1, -0.05) is 18.2 Å². The summed E-state index contributed by atoms with van der Waals surface area (Å²) in [4.78, 5) is 1.29. The van der Waals surface area contributed by atoms with Crippen LogP contribution in [0.1, 0.15) is 24.8 Å². The molecule has 1 unspecified atom stereocenters. The highest BCUT2D eigenvalue weighted by atomic mass is 32.2. The largest absolute Gasteiger partial charge is 0.353 e. The Hall–Kier alpha value is -0.510. The van der Waals surface area contributed by atoms with Crippen LogP contribution < -0.4 is 0 Å². The number of thioether (sulfide) groups is 1. The van der Waals surface area contributed by atoms with Gasteiger partial charge in [0.15, 0.2) is 6.29 Å². The van der Waals surface area contributed by atoms with Crippen molar-refractivity contribution in [1.29, 1.82) is 0 Å². The summed E-state index contributed by atoms with van der Waals surface area (Å²) in [5.74, 6) is 0. The molecular formula is C13H18O2S. The third kappa shape index (κ3) is 3.24. The topological polar surface area (TPSA) is 18.5 Å². The van der Waals surface area contributed by atoms with Gasteiger partial charge in [-0.25, -0.2) is 0 Å². The van der Waals surface area contributed by atoms with Crippen LogP contribution in [-0.2, 0) is 16.1 Å². The van der Waals surface area contributed by atoms with E-state index in [0.717, 1.165) is 13.0 Å². The van der Waals surface area contributed by atoms with Crippen LogP contribution >= 0.6 is 11.8 Å². The summed E-state index contributed by atoms with van der Waals surface area (Å²) in [6.45, 7) is 1.50. The standard InChI is InChI=1S/C13H18O2S/c1-16-12-7-3-2-6-11(12)10-15-13-8-4-5-9-14-13/h2-3,6-7,13H,4-5,8-10H2,1H3. The molecule has 1 aliphatic rings. The van der Waals surface area contributed by atoms with Crippen molar-refractivity contribution in [1.82, 2.24) is 0 Å². The predicted molar refractivity (Wildman–Crippen MR) is 66.6 cm³/mol. The lowest BCUT2D eigenvalue weighted by Gasteiger charge is -2.23. The molecule has 1 aromatic carbocycles. The minimum absolute atomic E-state index is 0.00339. The molecule has 0 radical (unpaired) electrons. The van der Waals surface area contributed by atoms with Crippen LogP contribution in [0.2, 0.25) is 0 Å². The van der Waals surface area contributed by atoms with Crippen molar-refractivity contribution < 1.29 is 9.47 Å². The molecule has 1 aliphatic heterocycles. The smallest absolute Gasteiger partial charge is 0.158 e. The van der Waals surface area contributed by atoms with E-state index >= 15 is 0 Å². The van der Waals surface area contributed by atoms with Gasteiger partial charge in [-0.15, -0.1) is 11.8 Å². The van der Waals surface area contributed by atoms with Crippen molar-refractivity contribution in [2.24, 2.45) is 0 Å². The molecule has 1 fully saturated rings. The maximum atomic E-state index is 5.78. The third-order valence-corrected chi connectivity index (χ3v) is 3.59. The molecule has 2 nitrogen and oxygen atoms in total. The Morgan fingerprint density at radius 2 is 2.25 bits per heavy atom. The Kier molecular flexibility index (Phi) is 4.69. The highest BCUT2D eigenvalue weighted by Gasteiger charge is 2.14. The van der Waals surface area contributed by atoms with E-state index in [-0.39, 0.29) is 6.29 Å². The second-order valence-electron chi connectivity index (χ2n) is 3.92. The van der Waals surface area contributed by atoms with Gasteiger partial charge in [0, 0.05) is 11.5 Å². The Bertz CT molecular complexity index is 321. The fraction of sp³-hybridized carbons (Fsp3) is 0.538. The molecule has 0 aliphatic carbocycles. The van der Waals surface area contributed by atoms with E-state index in [9.17, 15) is 0 Å². The minimum atomic E-state index is 0.00339. The predicted octanol–water partition coefficient (Wildman–Crippen LogP) is 3.45. The summed E-state index contributed by atoms with van der Waals surface area (Å²) >= 11 is 1.76. The Labute approximate surface area is 101 Å². The van der Waals surface area contributed by atoms with Crippen molar-refractivity contribution in [3.8, 4) is 0 Å². The van der Waals surface area contributed by atoms with Crippen LogP contribution in [0, 0.1) is 0 Å². The van der Waals surface area contributed by atoms with Gasteiger partial charge in [0.2, 0.25) is 0 Å². The van der Waals surface area contributed by atoms with E-state index in [1.165, 1.54) is 23.3 Å². The summed E-state index contributed by atoms with van der Waals surface area (Å²) < 4.78 is 11.3. The maximum absolute atomic E-state index is 5.78. The van der Waals surface area contributed by atoms with Gasteiger partial charge in [0.1, 0.15) is 0 Å². The van der Waals surface area contributed by atoms with Crippen molar-refractivity contribution in [2.45, 2.75) is 37.1 Å². The number of hydrogen-bond donors (Lipinski definition) is 0. The van der Waals surface area contributed by atoms with Gasteiger partial charge in [0.05, 0.1) is 6.61 Å². The highest BCUT2D eigenvalue weighted by molar-refractivity contribution is 7.98. The molecule has 0 spiro atoms. The average molecular weight is 238 g/mol. The molecule has 0 amide bonds. The molecule has 0 bridgehead atoms. The molecule has 2 rings (SSSR count). The third-order valence-electron chi connectivity index (χ3n) is 2.76. The molecule has 3 heteroatoms. The van der Waals surface area contributed by atoms with Gasteiger partial charge in [-0.2, -0.15) is 0 Å². The zero-order valence-electron chi connectivity index (χ0n) is 9.65. The summed E-state index contributed by atoms with van der Waals surface area (Å²) in [5.41, 5.74) is 1.25. The number of benzene rings is 1.